The van der Waals surface area contributed by atoms with Gasteiger partial charge in [0.25, 0.3) is 0 Å². The van der Waals surface area contributed by atoms with Crippen molar-refractivity contribution in [2.45, 2.75) is 12.1 Å². The Balaban J connectivity index is 1.82. The molecule has 31 heavy (non-hydrogen) atoms. The van der Waals surface area contributed by atoms with E-state index in [1.165, 1.54) is 0 Å². The number of aromatic nitrogens is 3. The molecule has 10 heteroatoms. The maximum absolute atomic E-state index is 12.4. The predicted octanol–water partition coefficient (Wildman–Crippen LogP) is 3.58. The van der Waals surface area contributed by atoms with Crippen molar-refractivity contribution in [1.29, 1.82) is 0 Å². The number of nitrogens with zero attached hydrogens (tertiary/aromatic N) is 4. The Bertz CT molecular complexity index is 1050. The highest BCUT2D eigenvalue weighted by atomic mass is 32.2. The first-order chi connectivity index (χ1) is 15.0. The molecule has 0 aliphatic rings. The minimum absolute atomic E-state index is 0.106. The first-order valence-electron chi connectivity index (χ1n) is 9.42. The molecular formula is C21H23N5O4S. The smallest absolute Gasteiger partial charge is 0.365 e. The van der Waals surface area contributed by atoms with E-state index in [1.807, 2.05) is 31.3 Å². The molecule has 0 aliphatic heterocycles. The summed E-state index contributed by atoms with van der Waals surface area (Å²) in [5, 5.41) is 13.3. The van der Waals surface area contributed by atoms with Crippen LogP contribution in [0.15, 0.2) is 58.8 Å². The summed E-state index contributed by atoms with van der Waals surface area (Å²) in [6, 6.07) is 14.6. The van der Waals surface area contributed by atoms with Gasteiger partial charge in [0, 0.05) is 12.6 Å². The number of nitrogens with one attached hydrogen (secondary N) is 1. The van der Waals surface area contributed by atoms with E-state index in [-0.39, 0.29) is 11.7 Å². The molecular weight excluding hydrogens is 418 g/mol. The summed E-state index contributed by atoms with van der Waals surface area (Å²) >= 11 is 1.07. The van der Waals surface area contributed by atoms with Crippen molar-refractivity contribution in [3.8, 4) is 22.9 Å². The lowest BCUT2D eigenvalue weighted by molar-refractivity contribution is -0.134. The zero-order valence-corrected chi connectivity index (χ0v) is 18.5. The van der Waals surface area contributed by atoms with Crippen LogP contribution in [-0.2, 0) is 16.6 Å². The third-order valence-corrected chi connectivity index (χ3v) is 5.19. The van der Waals surface area contributed by atoms with E-state index in [1.54, 1.807) is 50.0 Å². The fourth-order valence-electron chi connectivity index (χ4n) is 2.57. The summed E-state index contributed by atoms with van der Waals surface area (Å²) in [5.41, 5.74) is 4.43. The van der Waals surface area contributed by atoms with Crippen molar-refractivity contribution in [2.24, 2.45) is 12.1 Å². The van der Waals surface area contributed by atoms with Crippen molar-refractivity contribution < 1.29 is 19.0 Å². The molecule has 0 atom stereocenters. The molecule has 0 radical (unpaired) electrons. The minimum atomic E-state index is -0.553. The number of hydrogen-bond acceptors (Lipinski definition) is 9. The van der Waals surface area contributed by atoms with Gasteiger partial charge in [-0.25, -0.2) is 4.79 Å². The third-order valence-electron chi connectivity index (χ3n) is 4.20. The lowest BCUT2D eigenvalue weighted by atomic mass is 10.2. The number of esters is 1. The van der Waals surface area contributed by atoms with E-state index in [4.69, 9.17) is 14.2 Å². The fraction of sp³-hybridized carbons (Fsp3) is 0.238. The van der Waals surface area contributed by atoms with Crippen LogP contribution in [0, 0.1) is 0 Å². The number of carbonyl (C=O) groups excluding carboxylic acids is 1. The fourth-order valence-corrected chi connectivity index (χ4v) is 3.28. The number of ether oxygens (including phenoxy) is 3. The van der Waals surface area contributed by atoms with Crippen molar-refractivity contribution in [3.63, 3.8) is 0 Å². The number of benzene rings is 2. The molecule has 0 unspecified atom stereocenters. The lowest BCUT2D eigenvalue weighted by Gasteiger charge is -2.08. The van der Waals surface area contributed by atoms with E-state index in [2.05, 4.69) is 20.7 Å². The summed E-state index contributed by atoms with van der Waals surface area (Å²) in [6.07, 6.45) is 0. The summed E-state index contributed by atoms with van der Waals surface area (Å²) in [7, 11) is 5.03. The van der Waals surface area contributed by atoms with Crippen LogP contribution in [0.25, 0.3) is 11.4 Å². The first-order valence-corrected chi connectivity index (χ1v) is 10.2. The Hall–Kier alpha value is -3.53. The van der Waals surface area contributed by atoms with Crippen LogP contribution in [0.2, 0.25) is 0 Å². The van der Waals surface area contributed by atoms with Gasteiger partial charge in [0.15, 0.2) is 11.0 Å². The standard InChI is InChI=1S/C21H23N5O4S/c1-5-30-20(27)19(24-22-15-8-12-17(29-4)13-9-15)31-21-25-23-18(26(21)2)14-6-10-16(28-3)11-7-14/h6-13,22H,5H2,1-4H3/b24-19-. The molecule has 9 nitrogen and oxygen atoms in total. The molecule has 0 fully saturated rings. The quantitative estimate of drug-likeness (QED) is 0.195. The largest absolute Gasteiger partial charge is 0.497 e. The van der Waals surface area contributed by atoms with Crippen molar-refractivity contribution in [1.82, 2.24) is 14.8 Å². The normalized spacial score (nSPS) is 11.2. The van der Waals surface area contributed by atoms with E-state index in [9.17, 15) is 4.79 Å². The minimum Gasteiger partial charge on any atom is -0.497 e. The van der Waals surface area contributed by atoms with Crippen LogP contribution in [0.3, 0.4) is 0 Å². The summed E-state index contributed by atoms with van der Waals surface area (Å²) in [6.45, 7) is 1.97. The Labute approximate surface area is 184 Å². The van der Waals surface area contributed by atoms with Crippen molar-refractivity contribution >= 4 is 28.5 Å². The highest BCUT2D eigenvalue weighted by molar-refractivity contribution is 8.15. The zero-order valence-electron chi connectivity index (χ0n) is 17.7. The highest BCUT2D eigenvalue weighted by Crippen LogP contribution is 2.26. The van der Waals surface area contributed by atoms with Crippen LogP contribution in [-0.4, -0.2) is 46.6 Å². The van der Waals surface area contributed by atoms with Crippen LogP contribution in [0.1, 0.15) is 6.92 Å². The monoisotopic (exact) mass is 441 g/mol. The van der Waals surface area contributed by atoms with Crippen molar-refractivity contribution in [3.05, 3.63) is 48.5 Å². The van der Waals surface area contributed by atoms with Crippen LogP contribution in [0.4, 0.5) is 5.69 Å². The molecule has 0 saturated carbocycles. The van der Waals surface area contributed by atoms with Crippen LogP contribution >= 0.6 is 11.8 Å². The number of anilines is 1. The van der Waals surface area contributed by atoms with Gasteiger partial charge in [0.1, 0.15) is 11.5 Å². The highest BCUT2D eigenvalue weighted by Gasteiger charge is 2.20. The van der Waals surface area contributed by atoms with Crippen LogP contribution < -0.4 is 14.9 Å². The number of thioether (sulfide) groups is 1. The summed E-state index contributed by atoms with van der Waals surface area (Å²) in [5.74, 6) is 1.57. The Morgan fingerprint density at radius 2 is 1.65 bits per heavy atom. The van der Waals surface area contributed by atoms with E-state index in [0.29, 0.717) is 16.7 Å². The Morgan fingerprint density at radius 1 is 1.03 bits per heavy atom. The second-order valence-electron chi connectivity index (χ2n) is 6.17. The van der Waals surface area contributed by atoms with Gasteiger partial charge in [-0.2, -0.15) is 5.10 Å². The molecule has 1 N–H and O–H groups in total. The second-order valence-corrected chi connectivity index (χ2v) is 7.13. The van der Waals surface area contributed by atoms with Gasteiger partial charge >= 0.3 is 5.97 Å². The maximum atomic E-state index is 12.4. The molecule has 1 heterocycles. The van der Waals surface area contributed by atoms with Gasteiger partial charge in [0.2, 0.25) is 5.04 Å². The van der Waals surface area contributed by atoms with Gasteiger partial charge < -0.3 is 18.8 Å². The van der Waals surface area contributed by atoms with E-state index < -0.39 is 5.97 Å². The van der Waals surface area contributed by atoms with E-state index >= 15 is 0 Å². The number of carbonyl (C=O) groups is 1. The molecule has 0 aliphatic carbocycles. The topological polar surface area (TPSA) is 99.9 Å². The number of rotatable bonds is 7. The summed E-state index contributed by atoms with van der Waals surface area (Å²) in [4.78, 5) is 12.4. The molecule has 1 aromatic heterocycles. The Kier molecular flexibility index (Phi) is 7.50. The van der Waals surface area contributed by atoms with Gasteiger partial charge in [-0.3, -0.25) is 5.43 Å². The molecule has 0 saturated heterocycles. The Morgan fingerprint density at radius 3 is 2.23 bits per heavy atom. The van der Waals surface area contributed by atoms with Crippen molar-refractivity contribution in [2.75, 3.05) is 26.3 Å². The molecule has 0 bridgehead atoms. The summed E-state index contributed by atoms with van der Waals surface area (Å²) < 4.78 is 17.3. The number of hydrogen-bond donors (Lipinski definition) is 1. The van der Waals surface area contributed by atoms with Crippen LogP contribution in [0.5, 0.6) is 11.5 Å². The molecule has 2 aromatic carbocycles. The number of methoxy groups -OCH3 is 2. The average Bonchev–Trinajstić information content (AvgIpc) is 3.17. The second kappa shape index (κ2) is 10.5. The SMILES string of the molecule is CCOC(=O)/C(=N/Nc1ccc(OC)cc1)Sc1nnc(-c2ccc(OC)cc2)n1C. The van der Waals surface area contributed by atoms with E-state index in [0.717, 1.165) is 28.8 Å². The van der Waals surface area contributed by atoms with Gasteiger partial charge in [-0.1, -0.05) is 0 Å². The first kappa shape index (κ1) is 22.2. The molecule has 3 rings (SSSR count). The maximum Gasteiger partial charge on any atom is 0.365 e. The van der Waals surface area contributed by atoms with Gasteiger partial charge in [-0.15, -0.1) is 10.2 Å². The van der Waals surface area contributed by atoms with Gasteiger partial charge in [0.05, 0.1) is 26.5 Å². The zero-order chi connectivity index (χ0) is 22.2. The predicted molar refractivity (Wildman–Crippen MR) is 120 cm³/mol. The molecule has 3 aromatic rings. The third kappa shape index (κ3) is 5.54. The molecule has 0 amide bonds. The lowest BCUT2D eigenvalue weighted by Crippen LogP contribution is -2.16. The molecule has 162 valence electrons. The average molecular weight is 442 g/mol. The number of hydrazone groups is 1. The van der Waals surface area contributed by atoms with Gasteiger partial charge in [-0.05, 0) is 67.2 Å². The molecule has 0 spiro atoms.